The molecule has 1 aromatic carbocycles. The largest absolute Gasteiger partial charge is 0.398 e. The third-order valence-corrected chi connectivity index (χ3v) is 4.37. The lowest BCUT2D eigenvalue weighted by atomic mass is 10.1. The molecule has 3 aromatic rings. The van der Waals surface area contributed by atoms with Crippen molar-refractivity contribution in [2.24, 2.45) is 0 Å². The van der Waals surface area contributed by atoms with E-state index in [9.17, 15) is 0 Å². The van der Waals surface area contributed by atoms with Crippen molar-refractivity contribution in [3.63, 3.8) is 0 Å². The van der Waals surface area contributed by atoms with Crippen LogP contribution in [0.4, 0.5) is 0 Å². The molecule has 1 aliphatic carbocycles. The van der Waals surface area contributed by atoms with Crippen molar-refractivity contribution < 1.29 is 8.82 Å². The Hall–Kier alpha value is -1.80. The number of benzene rings is 1. The second-order valence-corrected chi connectivity index (χ2v) is 5.85. The fourth-order valence-corrected chi connectivity index (χ4v) is 3.24. The van der Waals surface area contributed by atoms with E-state index in [1.54, 1.807) is 0 Å². The molecule has 0 atom stereocenters. The highest BCUT2D eigenvalue weighted by Crippen LogP contribution is 2.27. The van der Waals surface area contributed by atoms with E-state index in [1.807, 2.05) is 24.3 Å². The Balaban J connectivity index is 1.93. The van der Waals surface area contributed by atoms with E-state index in [4.69, 9.17) is 16.0 Å². The quantitative estimate of drug-likeness (QED) is 0.614. The Bertz CT molecular complexity index is 802. The van der Waals surface area contributed by atoms with Crippen LogP contribution < -0.4 is 4.40 Å². The number of aryl methyl sites for hydroxylation is 2. The molecule has 20 heavy (non-hydrogen) atoms. The van der Waals surface area contributed by atoms with Crippen molar-refractivity contribution in [3.8, 4) is 11.3 Å². The Morgan fingerprint density at radius 1 is 1.15 bits per heavy atom. The molecule has 0 saturated heterocycles. The van der Waals surface area contributed by atoms with E-state index in [0.29, 0.717) is 0 Å². The Morgan fingerprint density at radius 2 is 1.95 bits per heavy atom. The van der Waals surface area contributed by atoms with Crippen molar-refractivity contribution >= 4 is 17.3 Å². The zero-order valence-electron chi connectivity index (χ0n) is 11.3. The lowest BCUT2D eigenvalue weighted by Crippen LogP contribution is -2.25. The molecule has 0 saturated carbocycles. The van der Waals surface area contributed by atoms with Crippen LogP contribution in [0, 0.1) is 6.92 Å². The van der Waals surface area contributed by atoms with Crippen LogP contribution in [0.25, 0.3) is 17.0 Å². The fourth-order valence-electron chi connectivity index (χ4n) is 3.12. The number of nitrogens with zero attached hydrogens (tertiary/aromatic N) is 1. The molecule has 0 N–H and O–H groups in total. The predicted molar refractivity (Wildman–Crippen MR) is 79.1 cm³/mol. The van der Waals surface area contributed by atoms with Crippen LogP contribution in [0.2, 0.25) is 5.02 Å². The number of hydrogen-bond donors (Lipinski definition) is 0. The van der Waals surface area contributed by atoms with Gasteiger partial charge in [-0.05, 0) is 49.6 Å². The molecule has 1 aliphatic rings. The van der Waals surface area contributed by atoms with E-state index < -0.39 is 0 Å². The number of rotatable bonds is 1. The Kier molecular flexibility index (Phi) is 2.61. The van der Waals surface area contributed by atoms with Crippen LogP contribution in [0.15, 0.2) is 40.9 Å². The van der Waals surface area contributed by atoms with Crippen LogP contribution >= 0.6 is 11.6 Å². The third-order valence-electron chi connectivity index (χ3n) is 4.12. The molecule has 2 aromatic heterocycles. The van der Waals surface area contributed by atoms with Crippen LogP contribution in [0.5, 0.6) is 0 Å². The number of pyridine rings is 1. The van der Waals surface area contributed by atoms with Crippen molar-refractivity contribution in [3.05, 3.63) is 58.4 Å². The van der Waals surface area contributed by atoms with Crippen molar-refractivity contribution in [1.29, 1.82) is 0 Å². The van der Waals surface area contributed by atoms with Gasteiger partial charge >= 0.3 is 5.71 Å². The van der Waals surface area contributed by atoms with Crippen molar-refractivity contribution in [2.75, 3.05) is 0 Å². The van der Waals surface area contributed by atoms with Gasteiger partial charge in [0, 0.05) is 22.6 Å². The maximum Gasteiger partial charge on any atom is 0.379 e. The third kappa shape index (κ3) is 1.75. The minimum Gasteiger partial charge on any atom is -0.398 e. The highest BCUT2D eigenvalue weighted by atomic mass is 35.5. The molecule has 0 radical (unpaired) electrons. The van der Waals surface area contributed by atoms with Gasteiger partial charge in [0.2, 0.25) is 12.0 Å². The normalized spacial score (nSPS) is 13.9. The summed E-state index contributed by atoms with van der Waals surface area (Å²) in [6.07, 6.45) is 5.66. The first-order chi connectivity index (χ1) is 9.72. The van der Waals surface area contributed by atoms with Gasteiger partial charge in [0.15, 0.2) is 5.69 Å². The topological polar surface area (TPSA) is 17.2 Å². The molecule has 3 heteroatoms. The average Bonchev–Trinajstić information content (AvgIpc) is 3.05. The molecule has 2 heterocycles. The molecule has 0 amide bonds. The number of fused-ring (bicyclic) bond motifs is 3. The van der Waals surface area contributed by atoms with Crippen LogP contribution in [0.3, 0.4) is 0 Å². The lowest BCUT2D eigenvalue weighted by Gasteiger charge is -1.97. The summed E-state index contributed by atoms with van der Waals surface area (Å²) in [5.74, 6) is 0.890. The maximum atomic E-state index is 6.02. The molecular formula is C17H15ClNO+. The summed E-state index contributed by atoms with van der Waals surface area (Å²) < 4.78 is 8.23. The number of hydrogen-bond acceptors (Lipinski definition) is 1. The zero-order valence-corrected chi connectivity index (χ0v) is 12.1. The molecular weight excluding hydrogens is 270 g/mol. The monoisotopic (exact) mass is 284 g/mol. The van der Waals surface area contributed by atoms with Crippen molar-refractivity contribution in [2.45, 2.75) is 26.2 Å². The molecule has 0 bridgehead atoms. The first kappa shape index (κ1) is 12.0. The summed E-state index contributed by atoms with van der Waals surface area (Å²) in [6, 6.07) is 9.92. The highest BCUT2D eigenvalue weighted by Gasteiger charge is 2.26. The van der Waals surface area contributed by atoms with Crippen LogP contribution in [-0.4, -0.2) is 0 Å². The average molecular weight is 285 g/mol. The van der Waals surface area contributed by atoms with Gasteiger partial charge in [0.05, 0.1) is 6.07 Å². The zero-order chi connectivity index (χ0) is 13.7. The van der Waals surface area contributed by atoms with Crippen molar-refractivity contribution in [1.82, 2.24) is 0 Å². The minimum absolute atomic E-state index is 0.745. The molecule has 2 nitrogen and oxygen atoms in total. The summed E-state index contributed by atoms with van der Waals surface area (Å²) in [7, 11) is 0. The molecule has 0 aliphatic heterocycles. The van der Waals surface area contributed by atoms with E-state index in [-0.39, 0.29) is 0 Å². The maximum absolute atomic E-state index is 6.02. The number of oxazole rings is 1. The van der Waals surface area contributed by atoms with E-state index in [2.05, 4.69) is 23.6 Å². The second kappa shape index (κ2) is 4.35. The van der Waals surface area contributed by atoms with Crippen LogP contribution in [0.1, 0.15) is 23.2 Å². The first-order valence-corrected chi connectivity index (χ1v) is 7.33. The van der Waals surface area contributed by atoms with E-state index >= 15 is 0 Å². The van der Waals surface area contributed by atoms with Gasteiger partial charge in [0.25, 0.3) is 0 Å². The number of halogens is 1. The summed E-state index contributed by atoms with van der Waals surface area (Å²) in [6.45, 7) is 2.18. The highest BCUT2D eigenvalue weighted by molar-refractivity contribution is 6.30. The van der Waals surface area contributed by atoms with E-state index in [1.165, 1.54) is 29.7 Å². The predicted octanol–water partition coefficient (Wildman–Crippen LogP) is 4.14. The summed E-state index contributed by atoms with van der Waals surface area (Å²) in [4.78, 5) is 0. The van der Waals surface area contributed by atoms with Gasteiger partial charge in [0.1, 0.15) is 0 Å². The molecule has 0 fully saturated rings. The van der Waals surface area contributed by atoms with Gasteiger partial charge in [-0.3, -0.25) is 0 Å². The molecule has 100 valence electrons. The van der Waals surface area contributed by atoms with E-state index in [0.717, 1.165) is 28.5 Å². The van der Waals surface area contributed by atoms with Crippen LogP contribution in [-0.2, 0) is 12.8 Å². The van der Waals surface area contributed by atoms with Gasteiger partial charge in [-0.15, -0.1) is 4.40 Å². The van der Waals surface area contributed by atoms with Gasteiger partial charge < -0.3 is 4.42 Å². The number of aromatic nitrogens is 1. The standard InChI is InChI=1S/C17H15ClNO/c1-11-9-17-19(15-4-2-3-14(11)15)10-16(20-17)12-5-7-13(18)8-6-12/h5-10H,2-4H2,1H3/q+1. The summed E-state index contributed by atoms with van der Waals surface area (Å²) in [5.41, 5.74) is 6.22. The first-order valence-electron chi connectivity index (χ1n) is 6.95. The summed E-state index contributed by atoms with van der Waals surface area (Å²) in [5, 5.41) is 0.745. The SMILES string of the molecule is Cc1cc2oc(-c3ccc(Cl)cc3)c[n+]2c2c1CCC2. The molecule has 4 rings (SSSR count). The Morgan fingerprint density at radius 3 is 2.75 bits per heavy atom. The molecule has 0 unspecified atom stereocenters. The summed E-state index contributed by atoms with van der Waals surface area (Å²) >= 11 is 5.94. The minimum atomic E-state index is 0.745. The van der Waals surface area contributed by atoms with Gasteiger partial charge in [-0.2, -0.15) is 0 Å². The van der Waals surface area contributed by atoms with Gasteiger partial charge in [-0.25, -0.2) is 0 Å². The molecule has 0 spiro atoms. The smallest absolute Gasteiger partial charge is 0.379 e. The Labute approximate surface area is 122 Å². The second-order valence-electron chi connectivity index (χ2n) is 5.42. The fraction of sp³-hybridized carbons (Fsp3) is 0.235. The lowest BCUT2D eigenvalue weighted by molar-refractivity contribution is -0.522. The van der Waals surface area contributed by atoms with Gasteiger partial charge in [-0.1, -0.05) is 11.6 Å².